The second-order valence-electron chi connectivity index (χ2n) is 10.6. The summed E-state index contributed by atoms with van der Waals surface area (Å²) in [6, 6.07) is 13.7. The molecule has 3 rings (SSSR count). The molecule has 1 fully saturated rings. The molecule has 1 saturated heterocycles. The summed E-state index contributed by atoms with van der Waals surface area (Å²) in [5.41, 5.74) is 1.29. The van der Waals surface area contributed by atoms with Crippen LogP contribution in [0.1, 0.15) is 86.7 Å². The number of likely N-dealkylation sites (tertiary alicyclic amines) is 1. The molecule has 0 aromatic heterocycles. The number of hydrogen-bond donors (Lipinski definition) is 2. The lowest BCUT2D eigenvalue weighted by molar-refractivity contribution is -0.123. The molecule has 7 nitrogen and oxygen atoms in total. The number of benzene rings is 2. The third kappa shape index (κ3) is 10.5. The lowest BCUT2D eigenvalue weighted by atomic mass is 10.0. The number of ketones is 1. The Balaban J connectivity index is 1.50. The van der Waals surface area contributed by atoms with Crippen LogP contribution in [-0.4, -0.2) is 67.3 Å². The molecule has 2 N–H and O–H groups in total. The van der Waals surface area contributed by atoms with Gasteiger partial charge >= 0.3 is 0 Å². The molecule has 8 heteroatoms. The van der Waals surface area contributed by atoms with Crippen molar-refractivity contribution in [2.45, 2.75) is 83.0 Å². The van der Waals surface area contributed by atoms with Gasteiger partial charge in [0.05, 0.1) is 19.8 Å². The number of amides is 1. The molecule has 1 aliphatic rings. The molecule has 1 aliphatic heterocycles. The van der Waals surface area contributed by atoms with Crippen LogP contribution < -0.4 is 14.8 Å². The van der Waals surface area contributed by atoms with Crippen molar-refractivity contribution in [2.75, 3.05) is 33.4 Å². The van der Waals surface area contributed by atoms with Crippen LogP contribution in [0.5, 0.6) is 11.5 Å². The van der Waals surface area contributed by atoms with Crippen LogP contribution >= 0.6 is 0 Å². The van der Waals surface area contributed by atoms with E-state index in [4.69, 9.17) is 9.47 Å². The largest absolute Gasteiger partial charge is 0.497 e. The van der Waals surface area contributed by atoms with Crippen molar-refractivity contribution in [3.63, 3.8) is 0 Å². The van der Waals surface area contributed by atoms with Crippen LogP contribution in [0.25, 0.3) is 0 Å². The van der Waals surface area contributed by atoms with Gasteiger partial charge in [-0.15, -0.1) is 0 Å². The van der Waals surface area contributed by atoms with Gasteiger partial charge in [0.2, 0.25) is 5.91 Å². The van der Waals surface area contributed by atoms with Crippen molar-refractivity contribution in [2.24, 2.45) is 0 Å². The third-order valence-electron chi connectivity index (χ3n) is 7.36. The number of hydrogen-bond acceptors (Lipinski definition) is 6. The van der Waals surface area contributed by atoms with Gasteiger partial charge in [-0.05, 0) is 67.6 Å². The van der Waals surface area contributed by atoms with E-state index in [-0.39, 0.29) is 18.1 Å². The lowest BCUT2D eigenvalue weighted by Crippen LogP contribution is -2.46. The van der Waals surface area contributed by atoms with Gasteiger partial charge in [-0.2, -0.15) is 0 Å². The first-order chi connectivity index (χ1) is 19.4. The predicted molar refractivity (Wildman–Crippen MR) is 155 cm³/mol. The third-order valence-corrected chi connectivity index (χ3v) is 7.36. The van der Waals surface area contributed by atoms with Crippen LogP contribution in [0, 0.1) is 0 Å². The zero-order valence-electron chi connectivity index (χ0n) is 23.9. The SMILES string of the molecule is CCCCCCOc1ccc([C@@H](O)[C@@H](CN2CCC(F)C2)NC(=O)CCCCC(=O)c2ccc(OC)cc2)cc1. The molecule has 1 amide bonds. The number of nitrogens with one attached hydrogen (secondary N) is 1. The van der Waals surface area contributed by atoms with Gasteiger partial charge in [-0.1, -0.05) is 38.3 Å². The van der Waals surface area contributed by atoms with Gasteiger partial charge in [-0.25, -0.2) is 4.39 Å². The zero-order chi connectivity index (χ0) is 28.7. The van der Waals surface area contributed by atoms with Crippen molar-refractivity contribution >= 4 is 11.7 Å². The molecule has 2 aromatic carbocycles. The molecule has 3 atom stereocenters. The smallest absolute Gasteiger partial charge is 0.220 e. The van der Waals surface area contributed by atoms with Gasteiger partial charge in [0.25, 0.3) is 0 Å². The number of unbranched alkanes of at least 4 members (excludes halogenated alkanes) is 4. The lowest BCUT2D eigenvalue weighted by Gasteiger charge is -2.29. The minimum Gasteiger partial charge on any atom is -0.497 e. The summed E-state index contributed by atoms with van der Waals surface area (Å²) in [5, 5.41) is 14.2. The molecular weight excluding hydrogens is 511 g/mol. The minimum atomic E-state index is -0.946. The molecular formula is C32H45FN2O5. The molecule has 0 saturated carbocycles. The Hall–Kier alpha value is -2.97. The first-order valence-corrected chi connectivity index (χ1v) is 14.6. The molecule has 0 bridgehead atoms. The van der Waals surface area contributed by atoms with E-state index in [0.29, 0.717) is 68.8 Å². The molecule has 1 heterocycles. The highest BCUT2D eigenvalue weighted by Gasteiger charge is 2.29. The van der Waals surface area contributed by atoms with Gasteiger partial charge in [0.1, 0.15) is 23.8 Å². The van der Waals surface area contributed by atoms with Gasteiger partial charge in [0.15, 0.2) is 5.78 Å². The Morgan fingerprint density at radius 2 is 1.70 bits per heavy atom. The Kier molecular flexibility index (Phi) is 13.4. The maximum absolute atomic E-state index is 13.8. The summed E-state index contributed by atoms with van der Waals surface area (Å²) in [4.78, 5) is 27.2. The van der Waals surface area contributed by atoms with Gasteiger partial charge < -0.3 is 19.9 Å². The number of carbonyl (C=O) groups is 2. The maximum atomic E-state index is 13.8. The first kappa shape index (κ1) is 31.6. The normalized spacial score (nSPS) is 16.9. The summed E-state index contributed by atoms with van der Waals surface area (Å²) in [5.74, 6) is 1.28. The summed E-state index contributed by atoms with van der Waals surface area (Å²) >= 11 is 0. The maximum Gasteiger partial charge on any atom is 0.220 e. The number of halogens is 1. The molecule has 0 radical (unpaired) electrons. The van der Waals surface area contributed by atoms with Crippen molar-refractivity contribution in [1.29, 1.82) is 0 Å². The number of aliphatic hydroxyl groups is 1. The summed E-state index contributed by atoms with van der Waals surface area (Å²) < 4.78 is 24.8. The van der Waals surface area contributed by atoms with Crippen molar-refractivity contribution < 1.29 is 28.6 Å². The number of rotatable bonds is 18. The van der Waals surface area contributed by atoms with Gasteiger partial charge in [0, 0.05) is 38.0 Å². The van der Waals surface area contributed by atoms with E-state index < -0.39 is 18.3 Å². The van der Waals surface area contributed by atoms with E-state index in [9.17, 15) is 19.1 Å². The zero-order valence-corrected chi connectivity index (χ0v) is 23.9. The second kappa shape index (κ2) is 17.0. The quantitative estimate of drug-likeness (QED) is 0.182. The molecule has 0 aliphatic carbocycles. The number of alkyl halides is 1. The number of carbonyl (C=O) groups excluding carboxylic acids is 2. The monoisotopic (exact) mass is 556 g/mol. The Bertz CT molecular complexity index is 1030. The van der Waals surface area contributed by atoms with E-state index in [1.165, 1.54) is 12.8 Å². The van der Waals surface area contributed by atoms with Crippen molar-refractivity contribution in [3.05, 3.63) is 59.7 Å². The molecule has 0 spiro atoms. The summed E-state index contributed by atoms with van der Waals surface area (Å²) in [6.07, 6.45) is 4.89. The number of aliphatic hydroxyl groups excluding tert-OH is 1. The van der Waals surface area contributed by atoms with Crippen molar-refractivity contribution in [1.82, 2.24) is 10.2 Å². The fourth-order valence-electron chi connectivity index (χ4n) is 4.94. The summed E-state index contributed by atoms with van der Waals surface area (Å²) in [6.45, 7) is 4.09. The fraction of sp³-hybridized carbons (Fsp3) is 0.562. The van der Waals surface area contributed by atoms with Crippen LogP contribution in [0.4, 0.5) is 4.39 Å². The van der Waals surface area contributed by atoms with E-state index >= 15 is 0 Å². The predicted octanol–water partition coefficient (Wildman–Crippen LogP) is 5.66. The number of ether oxygens (including phenoxy) is 2. The molecule has 2 aromatic rings. The average molecular weight is 557 g/mol. The van der Waals surface area contributed by atoms with Gasteiger partial charge in [-0.3, -0.25) is 14.5 Å². The van der Waals surface area contributed by atoms with E-state index in [1.807, 2.05) is 29.2 Å². The highest BCUT2D eigenvalue weighted by atomic mass is 19.1. The number of Topliss-reactive ketones (excluding diaryl/α,β-unsaturated/α-hetero) is 1. The summed E-state index contributed by atoms with van der Waals surface area (Å²) in [7, 11) is 1.58. The van der Waals surface area contributed by atoms with E-state index in [1.54, 1.807) is 31.4 Å². The Labute approximate surface area is 238 Å². The van der Waals surface area contributed by atoms with Crippen LogP contribution in [0.2, 0.25) is 0 Å². The second-order valence-corrected chi connectivity index (χ2v) is 10.6. The molecule has 1 unspecified atom stereocenters. The highest BCUT2D eigenvalue weighted by molar-refractivity contribution is 5.96. The topological polar surface area (TPSA) is 88.1 Å². The highest BCUT2D eigenvalue weighted by Crippen LogP contribution is 2.23. The van der Waals surface area contributed by atoms with Crippen LogP contribution in [0.3, 0.4) is 0 Å². The van der Waals surface area contributed by atoms with Crippen molar-refractivity contribution in [3.8, 4) is 11.5 Å². The van der Waals surface area contributed by atoms with E-state index in [2.05, 4.69) is 12.2 Å². The van der Waals surface area contributed by atoms with Crippen LogP contribution in [-0.2, 0) is 4.79 Å². The molecule has 40 heavy (non-hydrogen) atoms. The average Bonchev–Trinajstić information content (AvgIpc) is 3.39. The minimum absolute atomic E-state index is 0.0274. The Morgan fingerprint density at radius 3 is 2.35 bits per heavy atom. The standard InChI is InChI=1S/C32H45FN2O5/c1-3-4-5-8-21-40-28-17-13-25(14-18-28)32(38)29(23-35-20-19-26(33)22-35)34-31(37)10-7-6-9-30(36)24-11-15-27(39-2)16-12-24/h11-18,26,29,32,38H,3-10,19-23H2,1-2H3,(H,34,37)/t26?,29-,32-/m1/s1. The Morgan fingerprint density at radius 1 is 1.00 bits per heavy atom. The van der Waals surface area contributed by atoms with Crippen LogP contribution in [0.15, 0.2) is 48.5 Å². The fourth-order valence-corrected chi connectivity index (χ4v) is 4.94. The number of nitrogens with zero attached hydrogens (tertiary/aromatic N) is 1. The van der Waals surface area contributed by atoms with E-state index in [0.717, 1.165) is 18.6 Å². The molecule has 220 valence electrons. The first-order valence-electron chi connectivity index (χ1n) is 14.6. The number of methoxy groups -OCH3 is 1.